The molecule has 1 aromatic carbocycles. The molecule has 2 rings (SSSR count). The van der Waals surface area contributed by atoms with E-state index >= 15 is 0 Å². The molecule has 20 heavy (non-hydrogen) atoms. The molecule has 1 heterocycles. The smallest absolute Gasteiger partial charge is 0.224 e. The first-order valence-electron chi connectivity index (χ1n) is 6.68. The molecular weight excluding hydrogens is 252 g/mol. The molecule has 3 N–H and O–H groups in total. The van der Waals surface area contributed by atoms with E-state index in [9.17, 15) is 4.79 Å². The molecule has 1 atom stereocenters. The van der Waals surface area contributed by atoms with E-state index in [0.717, 1.165) is 11.1 Å². The van der Waals surface area contributed by atoms with Gasteiger partial charge in [0.2, 0.25) is 5.91 Å². The number of aryl methyl sites for hydroxylation is 1. The number of amides is 1. The van der Waals surface area contributed by atoms with Gasteiger partial charge in [0, 0.05) is 31.9 Å². The lowest BCUT2D eigenvalue weighted by atomic mass is 9.98. The largest absolute Gasteiger partial charge is 0.352 e. The highest BCUT2D eigenvalue weighted by Gasteiger charge is 2.17. The van der Waals surface area contributed by atoms with Crippen molar-refractivity contribution in [2.45, 2.75) is 13.0 Å². The maximum absolute atomic E-state index is 12.1. The van der Waals surface area contributed by atoms with Crippen LogP contribution in [0.1, 0.15) is 11.1 Å². The topological polar surface area (TPSA) is 72.9 Å². The molecule has 0 spiro atoms. The van der Waals surface area contributed by atoms with E-state index in [0.29, 0.717) is 19.5 Å². The summed E-state index contributed by atoms with van der Waals surface area (Å²) in [6, 6.07) is 9.92. The number of aromatic nitrogens is 2. The molecule has 0 radical (unpaired) electrons. The molecule has 0 aliphatic carbocycles. The van der Waals surface area contributed by atoms with Crippen molar-refractivity contribution in [2.75, 3.05) is 6.54 Å². The second-order valence-corrected chi connectivity index (χ2v) is 4.86. The fourth-order valence-corrected chi connectivity index (χ4v) is 2.08. The van der Waals surface area contributed by atoms with Gasteiger partial charge in [-0.2, -0.15) is 5.10 Å². The van der Waals surface area contributed by atoms with E-state index in [2.05, 4.69) is 10.4 Å². The van der Waals surface area contributed by atoms with Crippen LogP contribution in [0.15, 0.2) is 42.7 Å². The maximum Gasteiger partial charge on any atom is 0.224 e. The molecule has 0 saturated carbocycles. The second-order valence-electron chi connectivity index (χ2n) is 4.86. The van der Waals surface area contributed by atoms with Crippen LogP contribution in [0.4, 0.5) is 0 Å². The molecule has 0 bridgehead atoms. The highest BCUT2D eigenvalue weighted by atomic mass is 16.1. The lowest BCUT2D eigenvalue weighted by Crippen LogP contribution is -2.35. The monoisotopic (exact) mass is 272 g/mol. The van der Waals surface area contributed by atoms with Crippen LogP contribution in [0.25, 0.3) is 0 Å². The fourth-order valence-electron chi connectivity index (χ4n) is 2.08. The third kappa shape index (κ3) is 3.93. The standard InChI is InChI=1S/C15H20N4O/c1-19-11-13(10-18-19)9-17-15(20)14(8-16)7-12-5-3-2-4-6-12/h2-6,10-11,14H,7-9,16H2,1H3,(H,17,20). The molecule has 0 aliphatic heterocycles. The van der Waals surface area contributed by atoms with Crippen LogP contribution in [0.5, 0.6) is 0 Å². The SMILES string of the molecule is Cn1cc(CNC(=O)C(CN)Cc2ccccc2)cn1. The molecule has 0 saturated heterocycles. The third-order valence-corrected chi connectivity index (χ3v) is 3.21. The summed E-state index contributed by atoms with van der Waals surface area (Å²) in [6.07, 6.45) is 4.29. The van der Waals surface area contributed by atoms with Gasteiger partial charge in [0.05, 0.1) is 12.1 Å². The summed E-state index contributed by atoms with van der Waals surface area (Å²) in [4.78, 5) is 12.1. The number of carbonyl (C=O) groups is 1. The van der Waals surface area contributed by atoms with E-state index < -0.39 is 0 Å². The number of rotatable bonds is 6. The number of benzene rings is 1. The summed E-state index contributed by atoms with van der Waals surface area (Å²) in [6.45, 7) is 0.825. The lowest BCUT2D eigenvalue weighted by Gasteiger charge is -2.14. The van der Waals surface area contributed by atoms with E-state index in [1.807, 2.05) is 43.6 Å². The highest BCUT2D eigenvalue weighted by molar-refractivity contribution is 5.79. The Bertz CT molecular complexity index is 550. The zero-order valence-corrected chi connectivity index (χ0v) is 11.6. The fraction of sp³-hybridized carbons (Fsp3) is 0.333. The van der Waals surface area contributed by atoms with Crippen LogP contribution in [-0.2, 0) is 24.8 Å². The van der Waals surface area contributed by atoms with Crippen molar-refractivity contribution in [1.29, 1.82) is 0 Å². The van der Waals surface area contributed by atoms with E-state index in [1.54, 1.807) is 10.9 Å². The van der Waals surface area contributed by atoms with Gasteiger partial charge in [-0.15, -0.1) is 0 Å². The minimum absolute atomic E-state index is 0.0137. The van der Waals surface area contributed by atoms with Gasteiger partial charge in [0.15, 0.2) is 0 Å². The molecule has 1 amide bonds. The van der Waals surface area contributed by atoms with Crippen molar-refractivity contribution < 1.29 is 4.79 Å². The molecule has 0 aliphatic rings. The Morgan fingerprint density at radius 1 is 1.35 bits per heavy atom. The Kier molecular flexibility index (Phi) is 4.90. The van der Waals surface area contributed by atoms with Gasteiger partial charge in [0.25, 0.3) is 0 Å². The first-order valence-corrected chi connectivity index (χ1v) is 6.68. The number of nitrogens with zero attached hydrogens (tertiary/aromatic N) is 2. The van der Waals surface area contributed by atoms with Crippen LogP contribution in [-0.4, -0.2) is 22.2 Å². The van der Waals surface area contributed by atoms with Crippen LogP contribution >= 0.6 is 0 Å². The first kappa shape index (κ1) is 14.3. The van der Waals surface area contributed by atoms with Crippen molar-refractivity contribution in [2.24, 2.45) is 18.7 Å². The van der Waals surface area contributed by atoms with Gasteiger partial charge in [-0.1, -0.05) is 30.3 Å². The van der Waals surface area contributed by atoms with Crippen LogP contribution in [0.2, 0.25) is 0 Å². The molecule has 106 valence electrons. The average molecular weight is 272 g/mol. The maximum atomic E-state index is 12.1. The Hall–Kier alpha value is -2.14. The molecule has 1 unspecified atom stereocenters. The molecule has 2 aromatic rings. The zero-order chi connectivity index (χ0) is 14.4. The van der Waals surface area contributed by atoms with Gasteiger partial charge < -0.3 is 11.1 Å². The summed E-state index contributed by atoms with van der Waals surface area (Å²) in [7, 11) is 1.85. The van der Waals surface area contributed by atoms with Crippen molar-refractivity contribution in [3.8, 4) is 0 Å². The number of carbonyl (C=O) groups excluding carboxylic acids is 1. The Balaban J connectivity index is 1.89. The van der Waals surface area contributed by atoms with Crippen molar-refractivity contribution in [3.05, 3.63) is 53.9 Å². The van der Waals surface area contributed by atoms with Crippen molar-refractivity contribution in [1.82, 2.24) is 15.1 Å². The zero-order valence-electron chi connectivity index (χ0n) is 11.6. The van der Waals surface area contributed by atoms with Gasteiger partial charge in [-0.3, -0.25) is 9.48 Å². The highest BCUT2D eigenvalue weighted by Crippen LogP contribution is 2.08. The number of nitrogens with one attached hydrogen (secondary N) is 1. The van der Waals surface area contributed by atoms with Crippen LogP contribution in [0, 0.1) is 5.92 Å². The predicted octanol–water partition coefficient (Wildman–Crippen LogP) is 0.854. The third-order valence-electron chi connectivity index (χ3n) is 3.21. The lowest BCUT2D eigenvalue weighted by molar-refractivity contribution is -0.124. The number of hydrogen-bond donors (Lipinski definition) is 2. The van der Waals surface area contributed by atoms with E-state index in [-0.39, 0.29) is 11.8 Å². The van der Waals surface area contributed by atoms with Crippen molar-refractivity contribution >= 4 is 5.91 Å². The van der Waals surface area contributed by atoms with Crippen LogP contribution in [0.3, 0.4) is 0 Å². The molecule has 5 nitrogen and oxygen atoms in total. The van der Waals surface area contributed by atoms with Gasteiger partial charge >= 0.3 is 0 Å². The quantitative estimate of drug-likeness (QED) is 0.819. The Morgan fingerprint density at radius 2 is 2.10 bits per heavy atom. The summed E-state index contributed by atoms with van der Waals surface area (Å²) in [5.41, 5.74) is 7.82. The van der Waals surface area contributed by atoms with E-state index in [4.69, 9.17) is 5.73 Å². The first-order chi connectivity index (χ1) is 9.69. The number of nitrogens with two attached hydrogens (primary N) is 1. The summed E-state index contributed by atoms with van der Waals surface area (Å²) >= 11 is 0. The normalized spacial score (nSPS) is 12.1. The molecule has 1 aromatic heterocycles. The van der Waals surface area contributed by atoms with E-state index in [1.165, 1.54) is 0 Å². The summed E-state index contributed by atoms with van der Waals surface area (Å²) in [5.74, 6) is -0.214. The minimum Gasteiger partial charge on any atom is -0.352 e. The van der Waals surface area contributed by atoms with Gasteiger partial charge in [-0.25, -0.2) is 0 Å². The van der Waals surface area contributed by atoms with Crippen molar-refractivity contribution in [3.63, 3.8) is 0 Å². The Labute approximate surface area is 118 Å². The average Bonchev–Trinajstić information content (AvgIpc) is 2.89. The second kappa shape index (κ2) is 6.86. The number of hydrogen-bond acceptors (Lipinski definition) is 3. The predicted molar refractivity (Wildman–Crippen MR) is 77.7 cm³/mol. The molecule has 5 heteroatoms. The van der Waals surface area contributed by atoms with Crippen LogP contribution < -0.4 is 11.1 Å². The summed E-state index contributed by atoms with van der Waals surface area (Å²) < 4.78 is 1.71. The Morgan fingerprint density at radius 3 is 2.70 bits per heavy atom. The van der Waals surface area contributed by atoms with Gasteiger partial charge in [0.1, 0.15) is 0 Å². The van der Waals surface area contributed by atoms with Gasteiger partial charge in [-0.05, 0) is 12.0 Å². The summed E-state index contributed by atoms with van der Waals surface area (Å²) in [5, 5.41) is 6.98. The molecule has 0 fully saturated rings. The minimum atomic E-state index is -0.200. The molecular formula is C15H20N4O.